The van der Waals surface area contributed by atoms with Crippen molar-refractivity contribution in [2.75, 3.05) is 7.05 Å². The van der Waals surface area contributed by atoms with Crippen molar-refractivity contribution in [3.05, 3.63) is 47.8 Å². The van der Waals surface area contributed by atoms with Gasteiger partial charge in [0.2, 0.25) is 0 Å². The maximum absolute atomic E-state index is 4.38. The number of nitrogens with one attached hydrogen (secondary N) is 1. The van der Waals surface area contributed by atoms with Crippen LogP contribution in [0.25, 0.3) is 0 Å². The lowest BCUT2D eigenvalue weighted by atomic mass is 10.1. The molecule has 4 heteroatoms. The van der Waals surface area contributed by atoms with Crippen LogP contribution < -0.4 is 5.32 Å². The van der Waals surface area contributed by atoms with E-state index >= 15 is 0 Å². The molecule has 0 spiro atoms. The van der Waals surface area contributed by atoms with Crippen LogP contribution in [0.3, 0.4) is 0 Å². The summed E-state index contributed by atoms with van der Waals surface area (Å²) in [4.78, 5) is 9.79. The summed E-state index contributed by atoms with van der Waals surface area (Å²) in [6, 6.07) is 10.8. The number of hydrogen-bond acceptors (Lipinski definition) is 4. The first-order valence-corrected chi connectivity index (χ1v) is 6.75. The second kappa shape index (κ2) is 5.98. The summed E-state index contributed by atoms with van der Waals surface area (Å²) in [6.45, 7) is 4.12. The van der Waals surface area contributed by atoms with E-state index in [1.54, 1.807) is 18.0 Å². The number of rotatable bonds is 4. The SMILES string of the molecule is CNC(C)c1ccc(Sc2nccc(C)n2)cc1. The molecular formula is C14H17N3S. The molecule has 0 amide bonds. The first kappa shape index (κ1) is 13.1. The van der Waals surface area contributed by atoms with Gasteiger partial charge in [-0.05, 0) is 56.4 Å². The Balaban J connectivity index is 2.11. The van der Waals surface area contributed by atoms with Crippen molar-refractivity contribution in [3.8, 4) is 0 Å². The Labute approximate surface area is 112 Å². The molecule has 3 nitrogen and oxygen atoms in total. The highest BCUT2D eigenvalue weighted by Gasteiger charge is 2.04. The largest absolute Gasteiger partial charge is 0.313 e. The fourth-order valence-electron chi connectivity index (χ4n) is 1.57. The van der Waals surface area contributed by atoms with Crippen LogP contribution >= 0.6 is 11.8 Å². The maximum Gasteiger partial charge on any atom is 0.192 e. The minimum atomic E-state index is 0.374. The Morgan fingerprint density at radius 3 is 2.50 bits per heavy atom. The van der Waals surface area contributed by atoms with E-state index in [1.807, 2.05) is 20.0 Å². The number of aromatic nitrogens is 2. The van der Waals surface area contributed by atoms with Crippen LogP contribution in [0.1, 0.15) is 24.2 Å². The minimum Gasteiger partial charge on any atom is -0.313 e. The van der Waals surface area contributed by atoms with Crippen molar-refractivity contribution >= 4 is 11.8 Å². The van der Waals surface area contributed by atoms with E-state index in [9.17, 15) is 0 Å². The summed E-state index contributed by atoms with van der Waals surface area (Å²) in [7, 11) is 1.97. The molecule has 0 aliphatic heterocycles. The average Bonchev–Trinajstić information content (AvgIpc) is 2.39. The van der Waals surface area contributed by atoms with Gasteiger partial charge < -0.3 is 5.32 Å². The fourth-order valence-corrected chi connectivity index (χ4v) is 2.36. The monoisotopic (exact) mass is 259 g/mol. The van der Waals surface area contributed by atoms with Gasteiger partial charge in [0.1, 0.15) is 0 Å². The molecule has 0 radical (unpaired) electrons. The lowest BCUT2D eigenvalue weighted by Gasteiger charge is -2.10. The smallest absolute Gasteiger partial charge is 0.192 e. The van der Waals surface area contributed by atoms with Gasteiger partial charge >= 0.3 is 0 Å². The van der Waals surface area contributed by atoms with Crippen LogP contribution in [-0.4, -0.2) is 17.0 Å². The summed E-state index contributed by atoms with van der Waals surface area (Å²) in [5, 5.41) is 4.02. The standard InChI is InChI=1S/C14H17N3S/c1-10-8-9-16-14(17-10)18-13-6-4-12(5-7-13)11(2)15-3/h4-9,11,15H,1-3H3. The molecule has 1 unspecified atom stereocenters. The summed E-state index contributed by atoms with van der Waals surface area (Å²) >= 11 is 1.59. The molecule has 1 atom stereocenters. The maximum atomic E-state index is 4.38. The van der Waals surface area contributed by atoms with Crippen molar-refractivity contribution in [1.82, 2.24) is 15.3 Å². The third-order valence-corrected chi connectivity index (χ3v) is 3.68. The third kappa shape index (κ3) is 3.31. The predicted octanol–water partition coefficient (Wildman–Crippen LogP) is 3.22. The molecule has 2 rings (SSSR count). The van der Waals surface area contributed by atoms with Crippen molar-refractivity contribution in [2.45, 2.75) is 29.9 Å². The molecule has 0 bridgehead atoms. The first-order valence-electron chi connectivity index (χ1n) is 5.94. The van der Waals surface area contributed by atoms with E-state index in [2.05, 4.69) is 46.5 Å². The normalized spacial score (nSPS) is 12.4. The van der Waals surface area contributed by atoms with Crippen LogP contribution in [0.5, 0.6) is 0 Å². The van der Waals surface area contributed by atoms with Gasteiger partial charge in [0.05, 0.1) is 0 Å². The molecule has 1 heterocycles. The number of nitrogens with zero attached hydrogens (tertiary/aromatic N) is 2. The summed E-state index contributed by atoms with van der Waals surface area (Å²) in [5.74, 6) is 0. The van der Waals surface area contributed by atoms with Crippen LogP contribution in [0.15, 0.2) is 46.6 Å². The number of hydrogen-bond donors (Lipinski definition) is 1. The Morgan fingerprint density at radius 2 is 1.89 bits per heavy atom. The Bertz CT molecular complexity index is 511. The second-order valence-corrected chi connectivity index (χ2v) is 5.20. The molecular weight excluding hydrogens is 242 g/mol. The predicted molar refractivity (Wildman–Crippen MR) is 74.8 cm³/mol. The van der Waals surface area contributed by atoms with Gasteiger partial charge in [-0.25, -0.2) is 9.97 Å². The van der Waals surface area contributed by atoms with Crippen molar-refractivity contribution in [3.63, 3.8) is 0 Å². The van der Waals surface area contributed by atoms with Crippen LogP contribution in [-0.2, 0) is 0 Å². The molecule has 1 aromatic heterocycles. The molecule has 94 valence electrons. The van der Waals surface area contributed by atoms with Crippen LogP contribution in [0.2, 0.25) is 0 Å². The van der Waals surface area contributed by atoms with Crippen molar-refractivity contribution < 1.29 is 0 Å². The molecule has 0 aliphatic rings. The lowest BCUT2D eigenvalue weighted by Crippen LogP contribution is -2.11. The summed E-state index contributed by atoms with van der Waals surface area (Å²) in [6.07, 6.45) is 1.79. The molecule has 0 saturated carbocycles. The Morgan fingerprint density at radius 1 is 1.17 bits per heavy atom. The minimum absolute atomic E-state index is 0.374. The zero-order valence-electron chi connectivity index (χ0n) is 10.8. The van der Waals surface area contributed by atoms with Crippen molar-refractivity contribution in [1.29, 1.82) is 0 Å². The molecule has 1 aromatic carbocycles. The highest BCUT2D eigenvalue weighted by atomic mass is 32.2. The first-order chi connectivity index (χ1) is 8.69. The molecule has 0 aliphatic carbocycles. The van der Waals surface area contributed by atoms with E-state index in [1.165, 1.54) is 5.56 Å². The van der Waals surface area contributed by atoms with Gasteiger partial charge in [-0.2, -0.15) is 0 Å². The molecule has 0 fully saturated rings. The van der Waals surface area contributed by atoms with Crippen LogP contribution in [0.4, 0.5) is 0 Å². The van der Waals surface area contributed by atoms with Gasteiger partial charge in [-0.3, -0.25) is 0 Å². The van der Waals surface area contributed by atoms with Crippen LogP contribution in [0, 0.1) is 6.92 Å². The summed E-state index contributed by atoms with van der Waals surface area (Å²) in [5.41, 5.74) is 2.28. The quantitative estimate of drug-likeness (QED) is 0.856. The van der Waals surface area contributed by atoms with Gasteiger partial charge in [0.15, 0.2) is 5.16 Å². The zero-order valence-corrected chi connectivity index (χ0v) is 11.7. The van der Waals surface area contributed by atoms with Crippen molar-refractivity contribution in [2.24, 2.45) is 0 Å². The van der Waals surface area contributed by atoms with E-state index < -0.39 is 0 Å². The van der Waals surface area contributed by atoms with E-state index in [0.29, 0.717) is 6.04 Å². The highest BCUT2D eigenvalue weighted by Crippen LogP contribution is 2.25. The zero-order chi connectivity index (χ0) is 13.0. The Hall–Kier alpha value is -1.39. The average molecular weight is 259 g/mol. The number of benzene rings is 1. The third-order valence-electron chi connectivity index (χ3n) is 2.79. The van der Waals surface area contributed by atoms with Gasteiger partial charge in [0.25, 0.3) is 0 Å². The highest BCUT2D eigenvalue weighted by molar-refractivity contribution is 7.99. The second-order valence-electron chi connectivity index (χ2n) is 4.16. The molecule has 18 heavy (non-hydrogen) atoms. The fraction of sp³-hybridized carbons (Fsp3) is 0.286. The van der Waals surface area contributed by atoms with E-state index in [-0.39, 0.29) is 0 Å². The van der Waals surface area contributed by atoms with Gasteiger partial charge in [0, 0.05) is 22.8 Å². The molecule has 2 aromatic rings. The topological polar surface area (TPSA) is 37.8 Å². The lowest BCUT2D eigenvalue weighted by molar-refractivity contribution is 0.652. The Kier molecular flexibility index (Phi) is 4.33. The van der Waals surface area contributed by atoms with E-state index in [4.69, 9.17) is 0 Å². The van der Waals surface area contributed by atoms with Gasteiger partial charge in [-0.15, -0.1) is 0 Å². The van der Waals surface area contributed by atoms with E-state index in [0.717, 1.165) is 15.7 Å². The van der Waals surface area contributed by atoms with Gasteiger partial charge in [-0.1, -0.05) is 12.1 Å². The summed E-state index contributed by atoms with van der Waals surface area (Å²) < 4.78 is 0. The molecule has 0 saturated heterocycles. The molecule has 1 N–H and O–H groups in total. The number of aryl methyl sites for hydroxylation is 1.